The third kappa shape index (κ3) is 1.44. The maximum atomic E-state index is 5.20. The fourth-order valence-electron chi connectivity index (χ4n) is 0.750. The van der Waals surface area contributed by atoms with E-state index in [4.69, 9.17) is 15.9 Å². The molecule has 0 N–H and O–H groups in total. The van der Waals surface area contributed by atoms with Crippen molar-refractivity contribution in [2.75, 3.05) is 6.61 Å². The lowest BCUT2D eigenvalue weighted by Crippen LogP contribution is -2.08. The predicted octanol–water partition coefficient (Wildman–Crippen LogP) is 0.771. The van der Waals surface area contributed by atoms with Gasteiger partial charge < -0.3 is 9.47 Å². The molecule has 1 aliphatic rings. The van der Waals surface area contributed by atoms with Crippen molar-refractivity contribution in [2.24, 2.45) is 0 Å². The Kier molecular flexibility index (Phi) is 2.10. The van der Waals surface area contributed by atoms with Crippen molar-refractivity contribution in [3.8, 4) is 12.3 Å². The summed E-state index contributed by atoms with van der Waals surface area (Å²) >= 11 is 0. The lowest BCUT2D eigenvalue weighted by molar-refractivity contribution is -0.0123. The van der Waals surface area contributed by atoms with E-state index < -0.39 is 6.29 Å². The molecule has 50 valence electrons. The van der Waals surface area contributed by atoms with E-state index in [0.717, 1.165) is 6.42 Å². The molecule has 1 saturated heterocycles. The molecule has 2 heteroatoms. The molecular formula is C7H10O2. The molecule has 0 aromatic rings. The Bertz CT molecular complexity index is 125. The fraction of sp³-hybridized carbons (Fsp3) is 0.714. The van der Waals surface area contributed by atoms with Gasteiger partial charge in [0, 0.05) is 0 Å². The maximum absolute atomic E-state index is 5.20. The molecule has 1 aliphatic heterocycles. The van der Waals surface area contributed by atoms with Gasteiger partial charge in [-0.05, 0) is 12.3 Å². The molecular weight excluding hydrogens is 116 g/mol. The Morgan fingerprint density at radius 3 is 2.89 bits per heavy atom. The smallest absolute Gasteiger partial charge is 0.222 e. The van der Waals surface area contributed by atoms with Crippen LogP contribution in [0, 0.1) is 12.3 Å². The largest absolute Gasteiger partial charge is 0.339 e. The zero-order chi connectivity index (χ0) is 6.69. The molecule has 0 aromatic heterocycles. The number of ether oxygens (including phenoxy) is 2. The molecule has 2 atom stereocenters. The Hall–Kier alpha value is -0.520. The molecule has 0 bridgehead atoms. The van der Waals surface area contributed by atoms with Crippen molar-refractivity contribution >= 4 is 0 Å². The molecule has 0 spiro atoms. The lowest BCUT2D eigenvalue weighted by atomic mass is 10.3. The molecule has 1 heterocycles. The van der Waals surface area contributed by atoms with Gasteiger partial charge in [0.25, 0.3) is 0 Å². The highest BCUT2D eigenvalue weighted by molar-refractivity contribution is 4.91. The van der Waals surface area contributed by atoms with Crippen LogP contribution >= 0.6 is 0 Å². The van der Waals surface area contributed by atoms with Gasteiger partial charge in [0.05, 0.1) is 12.7 Å². The maximum Gasteiger partial charge on any atom is 0.222 e. The van der Waals surface area contributed by atoms with E-state index >= 15 is 0 Å². The third-order valence-electron chi connectivity index (χ3n) is 1.34. The fourth-order valence-corrected chi connectivity index (χ4v) is 0.750. The van der Waals surface area contributed by atoms with Crippen molar-refractivity contribution in [1.82, 2.24) is 0 Å². The van der Waals surface area contributed by atoms with Gasteiger partial charge in [0.2, 0.25) is 6.29 Å². The highest BCUT2D eigenvalue weighted by atomic mass is 16.7. The topological polar surface area (TPSA) is 18.5 Å². The molecule has 2 unspecified atom stereocenters. The number of hydrogen-bond acceptors (Lipinski definition) is 2. The highest BCUT2D eigenvalue weighted by Gasteiger charge is 2.21. The summed E-state index contributed by atoms with van der Waals surface area (Å²) in [4.78, 5) is 0. The first-order valence-electron chi connectivity index (χ1n) is 3.10. The second-order valence-corrected chi connectivity index (χ2v) is 2.00. The summed E-state index contributed by atoms with van der Waals surface area (Å²) in [5.41, 5.74) is 0. The van der Waals surface area contributed by atoms with Crippen molar-refractivity contribution in [2.45, 2.75) is 25.7 Å². The van der Waals surface area contributed by atoms with E-state index in [0.29, 0.717) is 6.61 Å². The molecule has 9 heavy (non-hydrogen) atoms. The van der Waals surface area contributed by atoms with Gasteiger partial charge in [0.15, 0.2) is 0 Å². The zero-order valence-electron chi connectivity index (χ0n) is 5.46. The minimum Gasteiger partial charge on any atom is -0.339 e. The van der Waals surface area contributed by atoms with Gasteiger partial charge >= 0.3 is 0 Å². The summed E-state index contributed by atoms with van der Waals surface area (Å²) in [5, 5.41) is 0. The van der Waals surface area contributed by atoms with Crippen LogP contribution < -0.4 is 0 Å². The number of rotatable bonds is 1. The van der Waals surface area contributed by atoms with Crippen LogP contribution in [-0.2, 0) is 9.47 Å². The average Bonchev–Trinajstić information content (AvgIpc) is 2.34. The minimum atomic E-state index is -0.394. The van der Waals surface area contributed by atoms with Crippen molar-refractivity contribution < 1.29 is 9.47 Å². The second kappa shape index (κ2) is 2.86. The summed E-state index contributed by atoms with van der Waals surface area (Å²) in [6.45, 7) is 2.69. The Morgan fingerprint density at radius 2 is 2.56 bits per heavy atom. The summed E-state index contributed by atoms with van der Waals surface area (Å²) in [6.07, 6.45) is 5.84. The quantitative estimate of drug-likeness (QED) is 0.483. The van der Waals surface area contributed by atoms with Crippen LogP contribution in [0.5, 0.6) is 0 Å². The summed E-state index contributed by atoms with van der Waals surface area (Å²) < 4.78 is 10.2. The highest BCUT2D eigenvalue weighted by Crippen LogP contribution is 2.12. The average molecular weight is 126 g/mol. The zero-order valence-corrected chi connectivity index (χ0v) is 5.46. The van der Waals surface area contributed by atoms with Crippen LogP contribution in [0.2, 0.25) is 0 Å². The minimum absolute atomic E-state index is 0.214. The van der Waals surface area contributed by atoms with E-state index in [1.165, 1.54) is 0 Å². The van der Waals surface area contributed by atoms with Gasteiger partial charge in [-0.25, -0.2) is 0 Å². The number of hydrogen-bond donors (Lipinski definition) is 0. The molecule has 0 radical (unpaired) electrons. The van der Waals surface area contributed by atoms with Crippen molar-refractivity contribution in [3.05, 3.63) is 0 Å². The molecule has 1 fully saturated rings. The van der Waals surface area contributed by atoms with Gasteiger partial charge in [0.1, 0.15) is 0 Å². The van der Waals surface area contributed by atoms with E-state index in [1.54, 1.807) is 0 Å². The summed E-state index contributed by atoms with van der Waals surface area (Å²) in [6, 6.07) is 0. The van der Waals surface area contributed by atoms with Gasteiger partial charge in [-0.2, -0.15) is 0 Å². The summed E-state index contributed by atoms with van der Waals surface area (Å²) in [5.74, 6) is 2.38. The second-order valence-electron chi connectivity index (χ2n) is 2.00. The predicted molar refractivity (Wildman–Crippen MR) is 33.7 cm³/mol. The van der Waals surface area contributed by atoms with Crippen molar-refractivity contribution in [1.29, 1.82) is 0 Å². The van der Waals surface area contributed by atoms with E-state index in [-0.39, 0.29) is 6.10 Å². The molecule has 0 aromatic carbocycles. The molecule has 0 amide bonds. The monoisotopic (exact) mass is 126 g/mol. The molecule has 1 rings (SSSR count). The molecule has 2 nitrogen and oxygen atoms in total. The van der Waals surface area contributed by atoms with E-state index in [2.05, 4.69) is 5.92 Å². The van der Waals surface area contributed by atoms with Crippen LogP contribution in [0.25, 0.3) is 0 Å². The van der Waals surface area contributed by atoms with E-state index in [1.807, 2.05) is 6.92 Å². The van der Waals surface area contributed by atoms with Crippen LogP contribution in [0.15, 0.2) is 0 Å². The van der Waals surface area contributed by atoms with Crippen LogP contribution in [0.3, 0.4) is 0 Å². The van der Waals surface area contributed by atoms with Gasteiger partial charge in [-0.3, -0.25) is 0 Å². The Morgan fingerprint density at radius 1 is 1.78 bits per heavy atom. The number of terminal acetylenes is 1. The molecule has 0 saturated carbocycles. The Balaban J connectivity index is 2.31. The SMILES string of the molecule is C#CC1OCC(CC)O1. The van der Waals surface area contributed by atoms with Crippen molar-refractivity contribution in [3.63, 3.8) is 0 Å². The van der Waals surface area contributed by atoms with Crippen LogP contribution in [-0.4, -0.2) is 19.0 Å². The molecule has 0 aliphatic carbocycles. The van der Waals surface area contributed by atoms with Crippen LogP contribution in [0.1, 0.15) is 13.3 Å². The van der Waals surface area contributed by atoms with Gasteiger partial charge in [-0.1, -0.05) is 6.92 Å². The first-order chi connectivity index (χ1) is 4.36. The Labute approximate surface area is 55.1 Å². The first kappa shape index (κ1) is 6.60. The first-order valence-corrected chi connectivity index (χ1v) is 3.10. The summed E-state index contributed by atoms with van der Waals surface area (Å²) in [7, 11) is 0. The normalized spacial score (nSPS) is 34.2. The van der Waals surface area contributed by atoms with Crippen LogP contribution in [0.4, 0.5) is 0 Å². The standard InChI is InChI=1S/C7H10O2/c1-3-6-5-8-7(4-2)9-6/h2,6-7H,3,5H2,1H3. The lowest BCUT2D eigenvalue weighted by Gasteiger charge is -2.01. The van der Waals surface area contributed by atoms with E-state index in [9.17, 15) is 0 Å². The van der Waals surface area contributed by atoms with Gasteiger partial charge in [-0.15, -0.1) is 6.42 Å². The third-order valence-corrected chi connectivity index (χ3v) is 1.34.